The summed E-state index contributed by atoms with van der Waals surface area (Å²) in [5, 5.41) is 0. The third-order valence-electron chi connectivity index (χ3n) is 3.09. The van der Waals surface area contributed by atoms with Crippen molar-refractivity contribution in [3.63, 3.8) is 0 Å². The predicted molar refractivity (Wildman–Crippen MR) is 59.3 cm³/mol. The Hall–Kier alpha value is -0.370. The Morgan fingerprint density at radius 3 is 2.79 bits per heavy atom. The van der Waals surface area contributed by atoms with Gasteiger partial charge < -0.3 is 0 Å². The first-order chi connectivity index (χ1) is 6.65. The number of likely N-dealkylation sites (tertiary alicyclic amines) is 1. The molecule has 2 heteroatoms. The number of Topliss-reactive ketones (excluding diaryl/α,β-unsaturated/α-hetero) is 1. The molecule has 1 aliphatic rings. The minimum Gasteiger partial charge on any atom is -0.298 e. The monoisotopic (exact) mass is 197 g/mol. The van der Waals surface area contributed by atoms with Gasteiger partial charge in [-0.15, -0.1) is 0 Å². The van der Waals surface area contributed by atoms with Crippen molar-refractivity contribution in [2.24, 2.45) is 5.92 Å². The van der Waals surface area contributed by atoms with Crippen LogP contribution in [0.4, 0.5) is 0 Å². The van der Waals surface area contributed by atoms with Gasteiger partial charge >= 0.3 is 0 Å². The normalized spacial score (nSPS) is 23.3. The third kappa shape index (κ3) is 3.09. The van der Waals surface area contributed by atoms with E-state index in [0.717, 1.165) is 19.4 Å². The first-order valence-electron chi connectivity index (χ1n) is 5.91. The Kier molecular flexibility index (Phi) is 4.59. The minimum atomic E-state index is 0.417. The molecule has 14 heavy (non-hydrogen) atoms. The molecule has 2 nitrogen and oxygen atoms in total. The topological polar surface area (TPSA) is 20.3 Å². The molecule has 1 saturated heterocycles. The van der Waals surface area contributed by atoms with Gasteiger partial charge in [0.05, 0.1) is 6.54 Å². The van der Waals surface area contributed by atoms with E-state index < -0.39 is 0 Å². The van der Waals surface area contributed by atoms with Crippen LogP contribution in [-0.4, -0.2) is 29.8 Å². The van der Waals surface area contributed by atoms with Crippen molar-refractivity contribution < 1.29 is 4.79 Å². The molecule has 0 radical (unpaired) electrons. The van der Waals surface area contributed by atoms with Crippen molar-refractivity contribution in [2.75, 3.05) is 13.1 Å². The zero-order valence-corrected chi connectivity index (χ0v) is 9.75. The zero-order chi connectivity index (χ0) is 10.6. The quantitative estimate of drug-likeness (QED) is 0.675. The second-order valence-electron chi connectivity index (χ2n) is 4.71. The third-order valence-corrected chi connectivity index (χ3v) is 3.09. The Morgan fingerprint density at radius 2 is 2.21 bits per heavy atom. The average Bonchev–Trinajstić information content (AvgIpc) is 2.52. The van der Waals surface area contributed by atoms with E-state index in [4.69, 9.17) is 0 Å². The molecule has 0 N–H and O–H groups in total. The van der Waals surface area contributed by atoms with Gasteiger partial charge in [0.15, 0.2) is 0 Å². The van der Waals surface area contributed by atoms with E-state index in [1.54, 1.807) is 0 Å². The molecule has 82 valence electrons. The maximum absolute atomic E-state index is 11.5. The predicted octanol–water partition coefficient (Wildman–Crippen LogP) is 2.48. The summed E-state index contributed by atoms with van der Waals surface area (Å²) >= 11 is 0. The summed E-state index contributed by atoms with van der Waals surface area (Å²) in [5.74, 6) is 1.10. The summed E-state index contributed by atoms with van der Waals surface area (Å²) in [6.45, 7) is 8.40. The van der Waals surface area contributed by atoms with Crippen molar-refractivity contribution >= 4 is 5.78 Å². The largest absolute Gasteiger partial charge is 0.298 e. The van der Waals surface area contributed by atoms with Crippen LogP contribution in [0.5, 0.6) is 0 Å². The van der Waals surface area contributed by atoms with E-state index in [1.165, 1.54) is 12.8 Å². The van der Waals surface area contributed by atoms with Gasteiger partial charge in [0, 0.05) is 12.5 Å². The fourth-order valence-electron chi connectivity index (χ4n) is 2.39. The Labute approximate surface area is 87.7 Å². The van der Waals surface area contributed by atoms with Crippen molar-refractivity contribution in [3.8, 4) is 0 Å². The van der Waals surface area contributed by atoms with Crippen molar-refractivity contribution in [1.29, 1.82) is 0 Å². The number of ketones is 1. The highest BCUT2D eigenvalue weighted by Crippen LogP contribution is 2.23. The maximum atomic E-state index is 11.5. The molecule has 1 rings (SSSR count). The SMILES string of the molecule is CCCC(=O)CN1CCCC1C(C)C. The summed E-state index contributed by atoms with van der Waals surface area (Å²) in [4.78, 5) is 13.9. The highest BCUT2D eigenvalue weighted by molar-refractivity contribution is 5.80. The number of rotatable bonds is 5. The van der Waals surface area contributed by atoms with Crippen LogP contribution in [0.1, 0.15) is 46.5 Å². The maximum Gasteiger partial charge on any atom is 0.146 e. The smallest absolute Gasteiger partial charge is 0.146 e. The van der Waals surface area contributed by atoms with Crippen LogP contribution >= 0.6 is 0 Å². The molecule has 1 unspecified atom stereocenters. The highest BCUT2D eigenvalue weighted by atomic mass is 16.1. The first kappa shape index (κ1) is 11.7. The fraction of sp³-hybridized carbons (Fsp3) is 0.917. The summed E-state index contributed by atoms with van der Waals surface area (Å²) in [6, 6.07) is 0.649. The minimum absolute atomic E-state index is 0.417. The fourth-order valence-corrected chi connectivity index (χ4v) is 2.39. The molecular weight excluding hydrogens is 174 g/mol. The van der Waals surface area contributed by atoms with Crippen LogP contribution in [0, 0.1) is 5.92 Å². The second-order valence-corrected chi connectivity index (χ2v) is 4.71. The summed E-state index contributed by atoms with van der Waals surface area (Å²) in [7, 11) is 0. The van der Waals surface area contributed by atoms with Crippen molar-refractivity contribution in [3.05, 3.63) is 0 Å². The molecular formula is C12H23NO. The molecule has 1 atom stereocenters. The van der Waals surface area contributed by atoms with Gasteiger partial charge in [-0.2, -0.15) is 0 Å². The Morgan fingerprint density at radius 1 is 1.50 bits per heavy atom. The lowest BCUT2D eigenvalue weighted by Gasteiger charge is -2.26. The van der Waals surface area contributed by atoms with E-state index in [9.17, 15) is 4.79 Å². The van der Waals surface area contributed by atoms with Gasteiger partial charge in [0.25, 0.3) is 0 Å². The van der Waals surface area contributed by atoms with Crippen LogP contribution in [0.2, 0.25) is 0 Å². The standard InChI is InChI=1S/C12H23NO/c1-4-6-11(14)9-13-8-5-7-12(13)10(2)3/h10,12H,4-9H2,1-3H3. The average molecular weight is 197 g/mol. The summed E-state index contributed by atoms with van der Waals surface area (Å²) < 4.78 is 0. The van der Waals surface area contributed by atoms with E-state index in [0.29, 0.717) is 24.3 Å². The molecule has 0 saturated carbocycles. The first-order valence-corrected chi connectivity index (χ1v) is 5.91. The summed E-state index contributed by atoms with van der Waals surface area (Å²) in [6.07, 6.45) is 4.28. The lowest BCUT2D eigenvalue weighted by Crippen LogP contribution is -2.37. The molecule has 1 fully saturated rings. The molecule has 0 aromatic carbocycles. The van der Waals surface area contributed by atoms with Crippen molar-refractivity contribution in [1.82, 2.24) is 4.90 Å². The van der Waals surface area contributed by atoms with Crippen LogP contribution in [0.3, 0.4) is 0 Å². The van der Waals surface area contributed by atoms with Gasteiger partial charge in [0.2, 0.25) is 0 Å². The van der Waals surface area contributed by atoms with Gasteiger partial charge in [-0.05, 0) is 31.7 Å². The molecule has 0 bridgehead atoms. The number of hydrogen-bond donors (Lipinski definition) is 0. The zero-order valence-electron chi connectivity index (χ0n) is 9.75. The molecule has 0 spiro atoms. The van der Waals surface area contributed by atoms with E-state index in [-0.39, 0.29) is 0 Å². The highest BCUT2D eigenvalue weighted by Gasteiger charge is 2.27. The molecule has 1 aliphatic heterocycles. The number of carbonyl (C=O) groups is 1. The van der Waals surface area contributed by atoms with Gasteiger partial charge in [-0.1, -0.05) is 20.8 Å². The lowest BCUT2D eigenvalue weighted by atomic mass is 10.0. The van der Waals surface area contributed by atoms with E-state index in [2.05, 4.69) is 25.7 Å². The van der Waals surface area contributed by atoms with Crippen LogP contribution in [0.15, 0.2) is 0 Å². The van der Waals surface area contributed by atoms with Crippen LogP contribution in [0.25, 0.3) is 0 Å². The molecule has 0 aliphatic carbocycles. The Bertz CT molecular complexity index is 189. The Balaban J connectivity index is 2.39. The molecule has 0 aromatic rings. The molecule has 1 heterocycles. The molecule has 0 aromatic heterocycles. The number of hydrogen-bond acceptors (Lipinski definition) is 2. The lowest BCUT2D eigenvalue weighted by molar-refractivity contribution is -0.120. The van der Waals surface area contributed by atoms with E-state index >= 15 is 0 Å². The summed E-state index contributed by atoms with van der Waals surface area (Å²) in [5.41, 5.74) is 0. The van der Waals surface area contributed by atoms with E-state index in [1.807, 2.05) is 0 Å². The van der Waals surface area contributed by atoms with Gasteiger partial charge in [-0.25, -0.2) is 0 Å². The van der Waals surface area contributed by atoms with Crippen LogP contribution < -0.4 is 0 Å². The van der Waals surface area contributed by atoms with Crippen LogP contribution in [-0.2, 0) is 4.79 Å². The van der Waals surface area contributed by atoms with Gasteiger partial charge in [-0.3, -0.25) is 9.69 Å². The number of carbonyl (C=O) groups excluding carboxylic acids is 1. The number of nitrogens with zero attached hydrogens (tertiary/aromatic N) is 1. The molecule has 0 amide bonds. The van der Waals surface area contributed by atoms with Gasteiger partial charge in [0.1, 0.15) is 5.78 Å². The second kappa shape index (κ2) is 5.50. The van der Waals surface area contributed by atoms with Crippen molar-refractivity contribution in [2.45, 2.75) is 52.5 Å².